The molecule has 0 aromatic rings. The minimum atomic E-state index is 0. The maximum atomic E-state index is 8.03. The van der Waals surface area contributed by atoms with E-state index in [4.69, 9.17) is 10.4 Å². The van der Waals surface area contributed by atoms with Crippen LogP contribution in [0.15, 0.2) is 10.3 Å². The van der Waals surface area contributed by atoms with Gasteiger partial charge >= 0.3 is 0 Å². The van der Waals surface area contributed by atoms with Crippen LogP contribution in [0.3, 0.4) is 0 Å². The Morgan fingerprint density at radius 1 is 1.00 bits per heavy atom. The van der Waals surface area contributed by atoms with Gasteiger partial charge < -0.3 is 10.4 Å². The van der Waals surface area contributed by atoms with E-state index in [2.05, 4.69) is 10.3 Å². The van der Waals surface area contributed by atoms with Crippen LogP contribution in [-0.2, 0) is 17.1 Å². The molecule has 0 saturated heterocycles. The molecule has 4 nitrogen and oxygen atoms in total. The van der Waals surface area contributed by atoms with Gasteiger partial charge in [0.2, 0.25) is 0 Å². The number of hydrogen-bond acceptors (Lipinski definition) is 4. The first kappa shape index (κ1) is 11.3. The quantitative estimate of drug-likeness (QED) is 0.269. The van der Waals surface area contributed by atoms with E-state index in [0.717, 1.165) is 0 Å². The SMILES string of the molecule is CC(=N\O)/C(C)=N/O.[Cu]. The topological polar surface area (TPSA) is 65.2 Å². The van der Waals surface area contributed by atoms with E-state index in [1.807, 2.05) is 0 Å². The van der Waals surface area contributed by atoms with Gasteiger partial charge in [-0.2, -0.15) is 0 Å². The van der Waals surface area contributed by atoms with Crippen LogP contribution in [0.2, 0.25) is 0 Å². The Morgan fingerprint density at radius 3 is 1.33 bits per heavy atom. The maximum absolute atomic E-state index is 8.03. The summed E-state index contributed by atoms with van der Waals surface area (Å²) in [5, 5.41) is 21.6. The third kappa shape index (κ3) is 4.00. The average Bonchev–Trinajstić information content (AvgIpc) is 1.84. The molecule has 9 heavy (non-hydrogen) atoms. The Balaban J connectivity index is 0. The smallest absolute Gasteiger partial charge is 0.101 e. The van der Waals surface area contributed by atoms with E-state index < -0.39 is 0 Å². The van der Waals surface area contributed by atoms with Crippen LogP contribution < -0.4 is 0 Å². The molecule has 0 fully saturated rings. The van der Waals surface area contributed by atoms with Gasteiger partial charge in [-0.15, -0.1) is 0 Å². The number of hydrogen-bond donors (Lipinski definition) is 2. The van der Waals surface area contributed by atoms with Crippen molar-refractivity contribution in [1.82, 2.24) is 0 Å². The molecule has 0 aliphatic rings. The van der Waals surface area contributed by atoms with Crippen LogP contribution in [-0.4, -0.2) is 21.8 Å². The number of oxime groups is 2. The van der Waals surface area contributed by atoms with Crippen molar-refractivity contribution >= 4 is 11.4 Å². The van der Waals surface area contributed by atoms with Crippen molar-refractivity contribution in [3.05, 3.63) is 0 Å². The molecular weight excluding hydrogens is 172 g/mol. The molecule has 0 unspecified atom stereocenters. The fourth-order valence-electron chi connectivity index (χ4n) is 0.145. The van der Waals surface area contributed by atoms with Crippen molar-refractivity contribution in [2.75, 3.05) is 0 Å². The molecule has 0 saturated carbocycles. The van der Waals surface area contributed by atoms with Gasteiger partial charge in [-0.1, -0.05) is 10.3 Å². The Kier molecular flexibility index (Phi) is 7.01. The fourth-order valence-corrected chi connectivity index (χ4v) is 0.145. The van der Waals surface area contributed by atoms with Crippen LogP contribution in [0.1, 0.15) is 13.8 Å². The van der Waals surface area contributed by atoms with E-state index in [9.17, 15) is 0 Å². The van der Waals surface area contributed by atoms with Crippen LogP contribution >= 0.6 is 0 Å². The second kappa shape index (κ2) is 5.59. The first-order valence-corrected chi connectivity index (χ1v) is 2.10. The van der Waals surface area contributed by atoms with Crippen molar-refractivity contribution in [1.29, 1.82) is 0 Å². The zero-order chi connectivity index (χ0) is 6.57. The Morgan fingerprint density at radius 2 is 1.22 bits per heavy atom. The summed E-state index contributed by atoms with van der Waals surface area (Å²) in [5.41, 5.74) is 0.625. The minimum Gasteiger partial charge on any atom is -0.411 e. The summed E-state index contributed by atoms with van der Waals surface area (Å²) in [5.74, 6) is 0. The van der Waals surface area contributed by atoms with Gasteiger partial charge in [-0.3, -0.25) is 0 Å². The molecule has 0 amide bonds. The molecule has 57 valence electrons. The Bertz CT molecular complexity index is 117. The third-order valence-corrected chi connectivity index (χ3v) is 0.824. The molecule has 5 heteroatoms. The summed E-state index contributed by atoms with van der Waals surface area (Å²) >= 11 is 0. The van der Waals surface area contributed by atoms with E-state index >= 15 is 0 Å². The Labute approximate surface area is 63.7 Å². The Hall–Kier alpha value is -0.541. The van der Waals surface area contributed by atoms with Crippen molar-refractivity contribution in [3.63, 3.8) is 0 Å². The van der Waals surface area contributed by atoms with Crippen molar-refractivity contribution in [2.45, 2.75) is 13.8 Å². The summed E-state index contributed by atoms with van der Waals surface area (Å²) in [6.07, 6.45) is 0. The molecule has 0 atom stereocenters. The molecule has 0 bridgehead atoms. The normalized spacial score (nSPS) is 12.7. The molecule has 2 N–H and O–H groups in total. The number of nitrogens with zero attached hydrogens (tertiary/aromatic N) is 2. The fraction of sp³-hybridized carbons (Fsp3) is 0.500. The summed E-state index contributed by atoms with van der Waals surface area (Å²) in [4.78, 5) is 0. The standard InChI is InChI=1S/C4H8N2O2.Cu/c1-3(5-7)4(2)6-8;/h7-8H,1-2H3;/b5-3+,6-4+;. The van der Waals surface area contributed by atoms with Crippen molar-refractivity contribution < 1.29 is 27.5 Å². The second-order valence-electron chi connectivity index (χ2n) is 1.37. The van der Waals surface area contributed by atoms with E-state index in [0.29, 0.717) is 11.4 Å². The molecule has 0 aliphatic heterocycles. The summed E-state index contributed by atoms with van der Waals surface area (Å²) in [7, 11) is 0. The predicted molar refractivity (Wildman–Crippen MR) is 29.8 cm³/mol. The third-order valence-electron chi connectivity index (χ3n) is 0.824. The van der Waals surface area contributed by atoms with Crippen LogP contribution in [0, 0.1) is 0 Å². The molecule has 0 aliphatic carbocycles. The zero-order valence-electron chi connectivity index (χ0n) is 5.09. The van der Waals surface area contributed by atoms with Gasteiger partial charge in [0.05, 0.1) is 0 Å². The van der Waals surface area contributed by atoms with Crippen LogP contribution in [0.4, 0.5) is 0 Å². The van der Waals surface area contributed by atoms with Crippen LogP contribution in [0.25, 0.3) is 0 Å². The van der Waals surface area contributed by atoms with Gasteiger partial charge in [0, 0.05) is 17.1 Å². The zero-order valence-corrected chi connectivity index (χ0v) is 6.03. The summed E-state index contributed by atoms with van der Waals surface area (Å²) < 4.78 is 0. The van der Waals surface area contributed by atoms with Gasteiger partial charge in [0.15, 0.2) is 0 Å². The van der Waals surface area contributed by atoms with Crippen molar-refractivity contribution in [3.8, 4) is 0 Å². The molecule has 1 radical (unpaired) electrons. The summed E-state index contributed by atoms with van der Waals surface area (Å²) in [6.45, 7) is 3.07. The molecule has 0 heterocycles. The average molecular weight is 180 g/mol. The maximum Gasteiger partial charge on any atom is 0.101 e. The molecule has 0 aromatic carbocycles. The first-order valence-electron chi connectivity index (χ1n) is 2.10. The van der Waals surface area contributed by atoms with Crippen LogP contribution in [0.5, 0.6) is 0 Å². The number of rotatable bonds is 1. The monoisotopic (exact) mass is 179 g/mol. The largest absolute Gasteiger partial charge is 0.411 e. The van der Waals surface area contributed by atoms with E-state index in [1.165, 1.54) is 13.8 Å². The summed E-state index contributed by atoms with van der Waals surface area (Å²) in [6, 6.07) is 0. The second-order valence-corrected chi connectivity index (χ2v) is 1.37. The molecule has 0 spiro atoms. The first-order chi connectivity index (χ1) is 3.72. The van der Waals surface area contributed by atoms with Gasteiger partial charge in [-0.25, -0.2) is 0 Å². The molecule has 0 aromatic heterocycles. The van der Waals surface area contributed by atoms with E-state index in [1.54, 1.807) is 0 Å². The van der Waals surface area contributed by atoms with Gasteiger partial charge in [-0.05, 0) is 13.8 Å². The van der Waals surface area contributed by atoms with Gasteiger partial charge in [0.1, 0.15) is 11.4 Å². The minimum absolute atomic E-state index is 0. The van der Waals surface area contributed by atoms with Gasteiger partial charge in [0.25, 0.3) is 0 Å². The molecular formula is C4H8CuN2O2. The van der Waals surface area contributed by atoms with Crippen molar-refractivity contribution in [2.24, 2.45) is 10.3 Å². The van der Waals surface area contributed by atoms with E-state index in [-0.39, 0.29) is 17.1 Å². The predicted octanol–water partition coefficient (Wildman–Crippen LogP) is 0.684. The molecule has 0 rings (SSSR count).